The van der Waals surface area contributed by atoms with E-state index in [1.54, 1.807) is 23.0 Å². The van der Waals surface area contributed by atoms with Crippen molar-refractivity contribution in [3.05, 3.63) is 54.0 Å². The Morgan fingerprint density at radius 3 is 2.70 bits per heavy atom. The van der Waals surface area contributed by atoms with Crippen LogP contribution in [0, 0.1) is 5.82 Å². The highest BCUT2D eigenvalue weighted by atomic mass is 19.1. The highest BCUT2D eigenvalue weighted by molar-refractivity contribution is 5.84. The molecule has 7 nitrogen and oxygen atoms in total. The van der Waals surface area contributed by atoms with Gasteiger partial charge in [-0.1, -0.05) is 0 Å². The topological polar surface area (TPSA) is 97.3 Å². The number of benzene rings is 1. The lowest BCUT2D eigenvalue weighted by atomic mass is 9.94. The number of aromatic nitrogens is 3. The molecule has 3 aromatic rings. The number of carbonyl (C=O) groups is 1. The van der Waals surface area contributed by atoms with Crippen molar-refractivity contribution >= 4 is 22.7 Å². The molecule has 0 unspecified atom stereocenters. The Hall–Kier alpha value is -3.16. The Balaban J connectivity index is 1.48. The Kier molecular flexibility index (Phi) is 4.39. The molecule has 4 rings (SSSR count). The number of halogens is 1. The first-order valence-electron chi connectivity index (χ1n) is 8.84. The minimum atomic E-state index is -0.872. The monoisotopic (exact) mass is 369 g/mol. The highest BCUT2D eigenvalue weighted by Gasteiger charge is 2.24. The van der Waals surface area contributed by atoms with Gasteiger partial charge in [0.25, 0.3) is 0 Å². The third-order valence-electron chi connectivity index (χ3n) is 5.08. The zero-order valence-corrected chi connectivity index (χ0v) is 14.7. The second-order valence-electron chi connectivity index (χ2n) is 6.86. The van der Waals surface area contributed by atoms with Crippen molar-refractivity contribution in [1.29, 1.82) is 0 Å². The van der Waals surface area contributed by atoms with Crippen LogP contribution in [0.25, 0.3) is 10.9 Å². The van der Waals surface area contributed by atoms with Gasteiger partial charge in [-0.05, 0) is 31.0 Å². The lowest BCUT2D eigenvalue weighted by Crippen LogP contribution is -2.37. The van der Waals surface area contributed by atoms with Crippen molar-refractivity contribution in [2.75, 3.05) is 18.8 Å². The number of anilines is 1. The molecule has 1 aromatic carbocycles. The van der Waals surface area contributed by atoms with Crippen LogP contribution < -0.4 is 5.73 Å². The summed E-state index contributed by atoms with van der Waals surface area (Å²) in [6.07, 6.45) is 5.88. The molecule has 0 atom stereocenters. The van der Waals surface area contributed by atoms with E-state index in [1.807, 2.05) is 12.3 Å². The van der Waals surface area contributed by atoms with Crippen LogP contribution in [0.15, 0.2) is 36.8 Å². The van der Waals surface area contributed by atoms with Gasteiger partial charge < -0.3 is 20.3 Å². The zero-order valence-electron chi connectivity index (χ0n) is 14.7. The molecule has 1 fully saturated rings. The third kappa shape index (κ3) is 3.42. The average molecular weight is 369 g/mol. The van der Waals surface area contributed by atoms with E-state index in [0.29, 0.717) is 30.8 Å². The minimum Gasteiger partial charge on any atom is -0.465 e. The van der Waals surface area contributed by atoms with Gasteiger partial charge in [-0.3, -0.25) is 9.97 Å². The number of amides is 1. The molecule has 140 valence electrons. The van der Waals surface area contributed by atoms with Gasteiger partial charge in [0.1, 0.15) is 5.82 Å². The highest BCUT2D eigenvalue weighted by Crippen LogP contribution is 2.27. The van der Waals surface area contributed by atoms with Gasteiger partial charge in [-0.2, -0.15) is 0 Å². The molecule has 0 spiro atoms. The molecule has 1 aliphatic rings. The third-order valence-corrected chi connectivity index (χ3v) is 5.08. The Morgan fingerprint density at radius 1 is 1.26 bits per heavy atom. The van der Waals surface area contributed by atoms with Crippen LogP contribution in [0.1, 0.15) is 30.1 Å². The first-order chi connectivity index (χ1) is 13.0. The maximum atomic E-state index is 14.3. The first kappa shape index (κ1) is 17.3. The molecule has 0 radical (unpaired) electrons. The standard InChI is InChI=1S/C19H20FN5O2/c20-16-8-14(21)7-13-3-6-25(18(13)16)11-15-9-23-17(10-22-15)12-1-4-24(5-2-12)19(26)27/h3,6-10,12H,1-2,4-5,11,21H2,(H,26,27). The van der Waals surface area contributed by atoms with Crippen LogP contribution in [0.3, 0.4) is 0 Å². The molecule has 2 aromatic heterocycles. The van der Waals surface area contributed by atoms with Gasteiger partial charge in [0.15, 0.2) is 0 Å². The van der Waals surface area contributed by atoms with E-state index in [0.717, 1.165) is 29.6 Å². The van der Waals surface area contributed by atoms with Crippen LogP contribution in [-0.2, 0) is 6.54 Å². The van der Waals surface area contributed by atoms with E-state index in [-0.39, 0.29) is 11.7 Å². The van der Waals surface area contributed by atoms with Gasteiger partial charge in [0.2, 0.25) is 0 Å². The summed E-state index contributed by atoms with van der Waals surface area (Å²) in [6, 6.07) is 4.89. The van der Waals surface area contributed by atoms with Crippen molar-refractivity contribution < 1.29 is 14.3 Å². The summed E-state index contributed by atoms with van der Waals surface area (Å²) in [5.74, 6) is -0.139. The summed E-state index contributed by atoms with van der Waals surface area (Å²) in [5.41, 5.74) is 8.19. The van der Waals surface area contributed by atoms with Crippen LogP contribution in [0.4, 0.5) is 14.9 Å². The van der Waals surface area contributed by atoms with Crippen molar-refractivity contribution in [2.45, 2.75) is 25.3 Å². The van der Waals surface area contributed by atoms with Crippen LogP contribution >= 0.6 is 0 Å². The number of carboxylic acid groups (broad SMARTS) is 1. The molecule has 3 N–H and O–H groups in total. The van der Waals surface area contributed by atoms with E-state index in [2.05, 4.69) is 9.97 Å². The number of nitrogens with zero attached hydrogens (tertiary/aromatic N) is 4. The molecule has 1 saturated heterocycles. The smallest absolute Gasteiger partial charge is 0.407 e. The number of hydrogen-bond donors (Lipinski definition) is 2. The fraction of sp³-hybridized carbons (Fsp3) is 0.316. The molecule has 1 aliphatic heterocycles. The lowest BCUT2D eigenvalue weighted by molar-refractivity contribution is 0.131. The van der Waals surface area contributed by atoms with Crippen LogP contribution in [-0.4, -0.2) is 43.7 Å². The molecule has 0 bridgehead atoms. The maximum Gasteiger partial charge on any atom is 0.407 e. The quantitative estimate of drug-likeness (QED) is 0.692. The molecule has 0 aliphatic carbocycles. The largest absolute Gasteiger partial charge is 0.465 e. The minimum absolute atomic E-state index is 0.218. The number of nitrogen functional groups attached to an aromatic ring is 1. The van der Waals surface area contributed by atoms with Crippen molar-refractivity contribution in [3.8, 4) is 0 Å². The fourth-order valence-corrected chi connectivity index (χ4v) is 3.65. The summed E-state index contributed by atoms with van der Waals surface area (Å²) in [4.78, 5) is 21.4. The summed E-state index contributed by atoms with van der Waals surface area (Å²) in [7, 11) is 0. The van der Waals surface area contributed by atoms with Gasteiger partial charge in [0.05, 0.1) is 29.6 Å². The van der Waals surface area contributed by atoms with Gasteiger partial charge in [0, 0.05) is 42.5 Å². The van der Waals surface area contributed by atoms with Crippen LogP contribution in [0.5, 0.6) is 0 Å². The second kappa shape index (κ2) is 6.86. The molecular formula is C19H20FN5O2. The van der Waals surface area contributed by atoms with E-state index >= 15 is 0 Å². The fourth-order valence-electron chi connectivity index (χ4n) is 3.65. The van der Waals surface area contributed by atoms with E-state index in [9.17, 15) is 9.18 Å². The predicted octanol–water partition coefficient (Wildman–Crippen LogP) is 3.06. The Bertz CT molecular complexity index is 978. The Labute approximate surface area is 155 Å². The van der Waals surface area contributed by atoms with Crippen molar-refractivity contribution in [1.82, 2.24) is 19.4 Å². The summed E-state index contributed by atoms with van der Waals surface area (Å²) >= 11 is 0. The van der Waals surface area contributed by atoms with Crippen molar-refractivity contribution in [3.63, 3.8) is 0 Å². The van der Waals surface area contributed by atoms with Gasteiger partial charge >= 0.3 is 6.09 Å². The maximum absolute atomic E-state index is 14.3. The number of likely N-dealkylation sites (tertiary alicyclic amines) is 1. The number of fused-ring (bicyclic) bond motifs is 1. The zero-order chi connectivity index (χ0) is 19.0. The molecule has 3 heterocycles. The average Bonchev–Trinajstić information content (AvgIpc) is 3.05. The molecule has 27 heavy (non-hydrogen) atoms. The summed E-state index contributed by atoms with van der Waals surface area (Å²) < 4.78 is 16.0. The lowest BCUT2D eigenvalue weighted by Gasteiger charge is -2.29. The molecule has 8 heteroatoms. The normalized spacial score (nSPS) is 15.4. The van der Waals surface area contributed by atoms with Crippen LogP contribution in [0.2, 0.25) is 0 Å². The SMILES string of the molecule is Nc1cc(F)c2c(ccn2Cc2cnc(C3CCN(C(=O)O)CC3)cn2)c1. The Morgan fingerprint density at radius 2 is 2.04 bits per heavy atom. The molecule has 1 amide bonds. The first-order valence-corrected chi connectivity index (χ1v) is 8.84. The molecular weight excluding hydrogens is 349 g/mol. The van der Waals surface area contributed by atoms with E-state index in [1.165, 1.54) is 11.0 Å². The predicted molar refractivity (Wildman–Crippen MR) is 99.0 cm³/mol. The van der Waals surface area contributed by atoms with Crippen molar-refractivity contribution in [2.24, 2.45) is 0 Å². The summed E-state index contributed by atoms with van der Waals surface area (Å²) in [5, 5.41) is 9.78. The summed E-state index contributed by atoms with van der Waals surface area (Å²) in [6.45, 7) is 1.44. The number of nitrogens with two attached hydrogens (primary N) is 1. The van der Waals surface area contributed by atoms with E-state index in [4.69, 9.17) is 10.8 Å². The number of piperidine rings is 1. The number of rotatable bonds is 3. The van der Waals surface area contributed by atoms with Gasteiger partial charge in [-0.25, -0.2) is 9.18 Å². The second-order valence-corrected chi connectivity index (χ2v) is 6.86. The van der Waals surface area contributed by atoms with E-state index < -0.39 is 6.09 Å². The molecule has 0 saturated carbocycles. The number of hydrogen-bond acceptors (Lipinski definition) is 4. The van der Waals surface area contributed by atoms with Gasteiger partial charge in [-0.15, -0.1) is 0 Å².